The van der Waals surface area contributed by atoms with Crippen molar-refractivity contribution < 1.29 is 32.6 Å². The molecule has 2 N–H and O–H groups in total. The standard InChI is InChI=1S/C25H26N6O9S2/c1-3-40-24(33)22-15(2)26-25(41-22)28-42(38,39)18-9-7-17(8-10-18)27-23(32)16-13-19(30(34)35)21(20(14-16)31(36)37)29-11-5-4-6-12-29/h7-10,13-14H,3-6,11-12H2,1-2H3,(H,26,28)(H,27,32). The number of aromatic nitrogens is 1. The molecular formula is C25H26N6O9S2. The highest BCUT2D eigenvalue weighted by Gasteiger charge is 2.33. The van der Waals surface area contributed by atoms with E-state index in [2.05, 4.69) is 15.0 Å². The molecule has 0 bridgehead atoms. The summed E-state index contributed by atoms with van der Waals surface area (Å²) in [7, 11) is -4.12. The summed E-state index contributed by atoms with van der Waals surface area (Å²) in [6.07, 6.45) is 2.38. The number of esters is 1. The lowest BCUT2D eigenvalue weighted by Gasteiger charge is -2.28. The van der Waals surface area contributed by atoms with E-state index >= 15 is 0 Å². The summed E-state index contributed by atoms with van der Waals surface area (Å²) >= 11 is 0.823. The van der Waals surface area contributed by atoms with Gasteiger partial charge in [0.1, 0.15) is 4.88 Å². The largest absolute Gasteiger partial charge is 0.462 e. The molecule has 1 aliphatic rings. The monoisotopic (exact) mass is 618 g/mol. The molecule has 17 heteroatoms. The second kappa shape index (κ2) is 12.5. The van der Waals surface area contributed by atoms with E-state index in [0.29, 0.717) is 18.8 Å². The Kier molecular flexibility index (Phi) is 9.01. The number of piperidine rings is 1. The molecule has 3 aromatic rings. The van der Waals surface area contributed by atoms with Gasteiger partial charge in [0.25, 0.3) is 27.3 Å². The van der Waals surface area contributed by atoms with E-state index < -0.39 is 43.1 Å². The molecule has 222 valence electrons. The number of hydrogen-bond acceptors (Lipinski definition) is 12. The average Bonchev–Trinajstić information content (AvgIpc) is 3.32. The summed E-state index contributed by atoms with van der Waals surface area (Å²) in [5.74, 6) is -1.47. The number of nitro benzene ring substituents is 2. The fraction of sp³-hybridized carbons (Fsp3) is 0.320. The zero-order chi connectivity index (χ0) is 30.6. The van der Waals surface area contributed by atoms with Crippen LogP contribution in [0.2, 0.25) is 0 Å². The van der Waals surface area contributed by atoms with Gasteiger partial charge in [0.05, 0.1) is 32.6 Å². The number of nitrogens with zero attached hydrogens (tertiary/aromatic N) is 4. The number of carbonyl (C=O) groups is 2. The molecular weight excluding hydrogens is 592 g/mol. The minimum Gasteiger partial charge on any atom is -0.462 e. The lowest BCUT2D eigenvalue weighted by Crippen LogP contribution is -2.30. The van der Waals surface area contributed by atoms with Crippen molar-refractivity contribution in [3.8, 4) is 0 Å². The van der Waals surface area contributed by atoms with Gasteiger partial charge in [0.2, 0.25) is 0 Å². The summed E-state index contributed by atoms with van der Waals surface area (Å²) in [6, 6.07) is 6.97. The maximum atomic E-state index is 13.0. The summed E-state index contributed by atoms with van der Waals surface area (Å²) in [4.78, 5) is 52.8. The molecule has 0 spiro atoms. The molecule has 2 heterocycles. The average molecular weight is 619 g/mol. The Bertz CT molecular complexity index is 1610. The van der Waals surface area contributed by atoms with Crippen molar-refractivity contribution in [2.24, 2.45) is 0 Å². The zero-order valence-electron chi connectivity index (χ0n) is 22.5. The van der Waals surface area contributed by atoms with Crippen LogP contribution in [0.15, 0.2) is 41.3 Å². The number of rotatable bonds is 10. The number of ether oxygens (including phenoxy) is 1. The lowest BCUT2D eigenvalue weighted by molar-refractivity contribution is -0.392. The lowest BCUT2D eigenvalue weighted by atomic mass is 10.1. The van der Waals surface area contributed by atoms with Crippen molar-refractivity contribution in [1.82, 2.24) is 4.98 Å². The number of sulfonamides is 1. The van der Waals surface area contributed by atoms with Crippen LogP contribution in [0.5, 0.6) is 0 Å². The predicted octanol–water partition coefficient (Wildman–Crippen LogP) is 4.49. The number of nitro groups is 2. The van der Waals surface area contributed by atoms with Gasteiger partial charge in [0.15, 0.2) is 10.8 Å². The van der Waals surface area contributed by atoms with Gasteiger partial charge in [-0.3, -0.25) is 29.7 Å². The maximum absolute atomic E-state index is 13.0. The summed E-state index contributed by atoms with van der Waals surface area (Å²) in [5, 5.41) is 26.1. The molecule has 0 atom stereocenters. The van der Waals surface area contributed by atoms with Crippen LogP contribution in [-0.4, -0.2) is 54.8 Å². The van der Waals surface area contributed by atoms with Crippen LogP contribution >= 0.6 is 11.3 Å². The normalized spacial score (nSPS) is 13.3. The molecule has 0 radical (unpaired) electrons. The van der Waals surface area contributed by atoms with E-state index in [1.165, 1.54) is 24.3 Å². The Labute approximate surface area is 243 Å². The molecule has 1 aliphatic heterocycles. The van der Waals surface area contributed by atoms with Gasteiger partial charge in [0, 0.05) is 30.9 Å². The summed E-state index contributed by atoms with van der Waals surface area (Å²) < 4.78 is 32.9. The third kappa shape index (κ3) is 6.63. The molecule has 15 nitrogen and oxygen atoms in total. The van der Waals surface area contributed by atoms with Crippen LogP contribution in [0.4, 0.5) is 27.9 Å². The van der Waals surface area contributed by atoms with E-state index in [0.717, 1.165) is 42.7 Å². The second-order valence-electron chi connectivity index (χ2n) is 9.16. The maximum Gasteiger partial charge on any atom is 0.350 e. The highest BCUT2D eigenvalue weighted by atomic mass is 32.2. The van der Waals surface area contributed by atoms with E-state index in [1.54, 1.807) is 18.7 Å². The Hall–Kier alpha value is -4.64. The quantitative estimate of drug-likeness (QED) is 0.184. The summed E-state index contributed by atoms with van der Waals surface area (Å²) in [5.41, 5.74) is -1.09. The minimum absolute atomic E-state index is 0.0379. The smallest absolute Gasteiger partial charge is 0.350 e. The van der Waals surface area contributed by atoms with Crippen molar-refractivity contribution in [3.05, 3.63) is 72.8 Å². The van der Waals surface area contributed by atoms with Crippen LogP contribution < -0.4 is 14.9 Å². The number of amides is 1. The second-order valence-corrected chi connectivity index (χ2v) is 11.8. The number of thiazole rings is 1. The molecule has 42 heavy (non-hydrogen) atoms. The number of anilines is 3. The minimum atomic E-state index is -4.12. The van der Waals surface area contributed by atoms with Crippen LogP contribution in [-0.2, 0) is 14.8 Å². The van der Waals surface area contributed by atoms with E-state index in [-0.39, 0.29) is 38.4 Å². The first kappa shape index (κ1) is 30.3. The van der Waals surface area contributed by atoms with Gasteiger partial charge in [-0.15, -0.1) is 0 Å². The first-order valence-corrected chi connectivity index (χ1v) is 15.0. The number of carbonyl (C=O) groups excluding carboxylic acids is 2. The van der Waals surface area contributed by atoms with Crippen molar-refractivity contribution in [1.29, 1.82) is 0 Å². The molecule has 1 fully saturated rings. The first-order chi connectivity index (χ1) is 19.9. The number of aryl methyl sites for hydroxylation is 1. The molecule has 1 saturated heterocycles. The van der Waals surface area contributed by atoms with Crippen LogP contribution in [0.25, 0.3) is 0 Å². The third-order valence-electron chi connectivity index (χ3n) is 6.30. The third-order valence-corrected chi connectivity index (χ3v) is 8.84. The highest BCUT2D eigenvalue weighted by molar-refractivity contribution is 7.93. The summed E-state index contributed by atoms with van der Waals surface area (Å²) in [6.45, 7) is 4.18. The fourth-order valence-corrected chi connectivity index (χ4v) is 6.47. The van der Waals surface area contributed by atoms with E-state index in [4.69, 9.17) is 4.74 Å². The highest BCUT2D eigenvalue weighted by Crippen LogP contribution is 2.40. The van der Waals surface area contributed by atoms with Crippen molar-refractivity contribution in [3.63, 3.8) is 0 Å². The molecule has 1 aromatic heterocycles. The zero-order valence-corrected chi connectivity index (χ0v) is 24.1. The number of benzene rings is 2. The molecule has 2 aromatic carbocycles. The number of nitrogens with one attached hydrogen (secondary N) is 2. The Morgan fingerprint density at radius 1 is 1.05 bits per heavy atom. The topological polar surface area (TPSA) is 204 Å². The van der Waals surface area contributed by atoms with Gasteiger partial charge in [-0.25, -0.2) is 18.2 Å². The number of hydrogen-bond donors (Lipinski definition) is 2. The van der Waals surface area contributed by atoms with Crippen molar-refractivity contribution in [2.45, 2.75) is 38.0 Å². The Morgan fingerprint density at radius 2 is 1.64 bits per heavy atom. The SMILES string of the molecule is CCOC(=O)c1sc(NS(=O)(=O)c2ccc(NC(=O)c3cc([N+](=O)[O-])c(N4CCCCC4)c([N+](=O)[O-])c3)cc2)nc1C. The van der Waals surface area contributed by atoms with Crippen LogP contribution in [0.3, 0.4) is 0 Å². The van der Waals surface area contributed by atoms with E-state index in [1.807, 2.05) is 0 Å². The Balaban J connectivity index is 1.54. The van der Waals surface area contributed by atoms with Gasteiger partial charge in [-0.05, 0) is 57.4 Å². The van der Waals surface area contributed by atoms with Crippen molar-refractivity contribution in [2.75, 3.05) is 34.6 Å². The van der Waals surface area contributed by atoms with Gasteiger partial charge in [-0.2, -0.15) is 0 Å². The van der Waals surface area contributed by atoms with E-state index in [9.17, 15) is 38.2 Å². The molecule has 0 unspecified atom stereocenters. The van der Waals surface area contributed by atoms with Crippen LogP contribution in [0, 0.1) is 27.2 Å². The molecule has 0 saturated carbocycles. The van der Waals surface area contributed by atoms with Gasteiger partial charge in [-0.1, -0.05) is 11.3 Å². The van der Waals surface area contributed by atoms with Crippen molar-refractivity contribution >= 4 is 61.1 Å². The van der Waals surface area contributed by atoms with Crippen LogP contribution in [0.1, 0.15) is 51.9 Å². The molecule has 1 amide bonds. The Morgan fingerprint density at radius 3 is 2.19 bits per heavy atom. The van der Waals surface area contributed by atoms with Gasteiger partial charge < -0.3 is 15.0 Å². The fourth-order valence-electron chi connectivity index (χ4n) is 4.38. The molecule has 4 rings (SSSR count). The first-order valence-electron chi connectivity index (χ1n) is 12.7. The van der Waals surface area contributed by atoms with Gasteiger partial charge >= 0.3 is 5.97 Å². The predicted molar refractivity (Wildman–Crippen MR) is 154 cm³/mol. The molecule has 0 aliphatic carbocycles.